The molecule has 0 aromatic heterocycles. The zero-order valence-electron chi connectivity index (χ0n) is 12.9. The summed E-state index contributed by atoms with van der Waals surface area (Å²) >= 11 is 5.96. The molecule has 2 rings (SSSR count). The van der Waals surface area contributed by atoms with Crippen LogP contribution in [0.3, 0.4) is 0 Å². The summed E-state index contributed by atoms with van der Waals surface area (Å²) in [5.74, 6) is 0.0964. The summed E-state index contributed by atoms with van der Waals surface area (Å²) in [6.07, 6.45) is 3.60. The maximum absolute atomic E-state index is 11.2. The van der Waals surface area contributed by atoms with E-state index in [1.165, 1.54) is 5.56 Å². The van der Waals surface area contributed by atoms with Gasteiger partial charge >= 0.3 is 0 Å². The molecule has 0 spiro atoms. The number of hydrogen-bond acceptors (Lipinski definition) is 2. The highest BCUT2D eigenvalue weighted by Crippen LogP contribution is 2.11. The third-order valence-electron chi connectivity index (χ3n) is 3.47. The van der Waals surface area contributed by atoms with Crippen molar-refractivity contribution in [2.45, 2.75) is 32.7 Å². The molecule has 2 aromatic carbocycles. The summed E-state index contributed by atoms with van der Waals surface area (Å²) in [5.41, 5.74) is 3.10. The highest BCUT2D eigenvalue weighted by molar-refractivity contribution is 6.30. The number of rotatable bonds is 6. The van der Waals surface area contributed by atoms with Crippen molar-refractivity contribution in [3.63, 3.8) is 0 Å². The van der Waals surface area contributed by atoms with Gasteiger partial charge in [-0.15, -0.1) is 0 Å². The molecule has 1 atom stereocenters. The lowest BCUT2D eigenvalue weighted by atomic mass is 10.0. The summed E-state index contributed by atoms with van der Waals surface area (Å²) in [7, 11) is 0. The van der Waals surface area contributed by atoms with Crippen molar-refractivity contribution in [1.82, 2.24) is 0 Å². The molecule has 0 aliphatic rings. The van der Waals surface area contributed by atoms with Gasteiger partial charge in [-0.25, -0.2) is 0 Å². The first-order valence-corrected chi connectivity index (χ1v) is 7.78. The lowest BCUT2D eigenvalue weighted by Crippen LogP contribution is -2.04. The molecule has 0 aliphatic heterocycles. The van der Waals surface area contributed by atoms with Gasteiger partial charge in [0.15, 0.2) is 5.78 Å². The summed E-state index contributed by atoms with van der Waals surface area (Å²) in [5, 5.41) is 0.754. The molecule has 0 radical (unpaired) electrons. The lowest BCUT2D eigenvalue weighted by molar-refractivity contribution is 0.101. The Bertz CT molecular complexity index is 661. The standard InChI is InChI=1S/C19H20ClNO/c1-14(12-17-6-8-18(9-7-17)15(2)22)21-11-10-16-4-3-5-19(20)13-16/h3-9,11,13-14H,10,12H2,1-2H3/t14-/m1/s1. The number of ketones is 1. The minimum atomic E-state index is 0.0964. The monoisotopic (exact) mass is 313 g/mol. The van der Waals surface area contributed by atoms with Gasteiger partial charge in [-0.3, -0.25) is 9.79 Å². The number of aliphatic imine (C=N–C) groups is 1. The van der Waals surface area contributed by atoms with E-state index in [-0.39, 0.29) is 11.8 Å². The second kappa shape index (κ2) is 7.90. The van der Waals surface area contributed by atoms with Gasteiger partial charge in [0.05, 0.1) is 6.04 Å². The molecule has 0 saturated heterocycles. The van der Waals surface area contributed by atoms with Gasteiger partial charge in [-0.2, -0.15) is 0 Å². The van der Waals surface area contributed by atoms with Crippen LogP contribution in [-0.4, -0.2) is 18.0 Å². The molecule has 0 aliphatic carbocycles. The van der Waals surface area contributed by atoms with Gasteiger partial charge in [-0.1, -0.05) is 48.0 Å². The van der Waals surface area contributed by atoms with Crippen LogP contribution in [0.15, 0.2) is 53.5 Å². The quantitative estimate of drug-likeness (QED) is 0.557. The summed E-state index contributed by atoms with van der Waals surface area (Å²) < 4.78 is 0. The number of nitrogens with zero attached hydrogens (tertiary/aromatic N) is 1. The maximum Gasteiger partial charge on any atom is 0.159 e. The Morgan fingerprint density at radius 1 is 1.18 bits per heavy atom. The highest BCUT2D eigenvalue weighted by atomic mass is 35.5. The normalized spacial score (nSPS) is 12.5. The molecular weight excluding hydrogens is 294 g/mol. The van der Waals surface area contributed by atoms with E-state index in [0.717, 1.165) is 29.0 Å². The minimum Gasteiger partial charge on any atom is -0.295 e. The predicted molar refractivity (Wildman–Crippen MR) is 93.3 cm³/mol. The summed E-state index contributed by atoms with van der Waals surface area (Å²) in [4.78, 5) is 15.8. The van der Waals surface area contributed by atoms with E-state index in [1.807, 2.05) is 54.7 Å². The first-order valence-electron chi connectivity index (χ1n) is 7.40. The van der Waals surface area contributed by atoms with Crippen LogP contribution in [0.25, 0.3) is 0 Å². The van der Waals surface area contributed by atoms with Crippen molar-refractivity contribution in [2.24, 2.45) is 4.99 Å². The van der Waals surface area contributed by atoms with Crippen LogP contribution in [0.1, 0.15) is 35.3 Å². The molecule has 22 heavy (non-hydrogen) atoms. The average molecular weight is 314 g/mol. The van der Waals surface area contributed by atoms with Crippen LogP contribution in [0, 0.1) is 0 Å². The van der Waals surface area contributed by atoms with E-state index in [2.05, 4.69) is 11.9 Å². The second-order valence-electron chi connectivity index (χ2n) is 5.47. The minimum absolute atomic E-state index is 0.0964. The van der Waals surface area contributed by atoms with Crippen LogP contribution in [-0.2, 0) is 12.8 Å². The highest BCUT2D eigenvalue weighted by Gasteiger charge is 2.03. The molecule has 0 saturated carbocycles. The zero-order chi connectivity index (χ0) is 15.9. The molecule has 0 N–H and O–H groups in total. The van der Waals surface area contributed by atoms with Crippen LogP contribution in [0.4, 0.5) is 0 Å². The molecule has 0 fully saturated rings. The van der Waals surface area contributed by atoms with E-state index in [4.69, 9.17) is 11.6 Å². The Kier molecular flexibility index (Phi) is 5.91. The molecule has 0 amide bonds. The SMILES string of the molecule is CC(=O)c1ccc(C[C@@H](C)N=CCc2cccc(Cl)c2)cc1. The van der Waals surface area contributed by atoms with Crippen LogP contribution < -0.4 is 0 Å². The van der Waals surface area contributed by atoms with Crippen LogP contribution >= 0.6 is 11.6 Å². The van der Waals surface area contributed by atoms with Gasteiger partial charge in [0.1, 0.15) is 0 Å². The van der Waals surface area contributed by atoms with Crippen LogP contribution in [0.5, 0.6) is 0 Å². The Hall–Kier alpha value is -1.93. The van der Waals surface area contributed by atoms with Crippen molar-refractivity contribution in [3.05, 3.63) is 70.2 Å². The Balaban J connectivity index is 1.88. The smallest absolute Gasteiger partial charge is 0.159 e. The maximum atomic E-state index is 11.2. The van der Waals surface area contributed by atoms with Crippen molar-refractivity contribution in [1.29, 1.82) is 0 Å². The Morgan fingerprint density at radius 3 is 2.55 bits per heavy atom. The first-order chi connectivity index (χ1) is 10.5. The van der Waals surface area contributed by atoms with E-state index < -0.39 is 0 Å². The van der Waals surface area contributed by atoms with Crippen molar-refractivity contribution in [3.8, 4) is 0 Å². The second-order valence-corrected chi connectivity index (χ2v) is 5.91. The fourth-order valence-corrected chi connectivity index (χ4v) is 2.48. The topological polar surface area (TPSA) is 29.4 Å². The van der Waals surface area contributed by atoms with E-state index >= 15 is 0 Å². The van der Waals surface area contributed by atoms with Crippen LogP contribution in [0.2, 0.25) is 5.02 Å². The van der Waals surface area contributed by atoms with Gasteiger partial charge in [-0.05, 0) is 43.5 Å². The van der Waals surface area contributed by atoms with Gasteiger partial charge in [0.25, 0.3) is 0 Å². The molecule has 0 bridgehead atoms. The summed E-state index contributed by atoms with van der Waals surface area (Å²) in [6, 6.07) is 15.8. The Morgan fingerprint density at radius 2 is 1.91 bits per heavy atom. The zero-order valence-corrected chi connectivity index (χ0v) is 13.7. The number of carbonyl (C=O) groups is 1. The van der Waals surface area contributed by atoms with Crippen molar-refractivity contribution >= 4 is 23.6 Å². The number of Topliss-reactive ketones (excluding diaryl/α,β-unsaturated/α-hetero) is 1. The van der Waals surface area contributed by atoms with Gasteiger partial charge in [0, 0.05) is 23.2 Å². The molecular formula is C19H20ClNO. The number of carbonyl (C=O) groups excluding carboxylic acids is 1. The number of halogens is 1. The third kappa shape index (κ3) is 5.12. The molecule has 2 aromatic rings. The molecule has 3 heteroatoms. The molecule has 0 unspecified atom stereocenters. The third-order valence-corrected chi connectivity index (χ3v) is 3.70. The van der Waals surface area contributed by atoms with Gasteiger partial charge < -0.3 is 0 Å². The molecule has 114 valence electrons. The summed E-state index contributed by atoms with van der Waals surface area (Å²) in [6.45, 7) is 3.67. The molecule has 0 heterocycles. The largest absolute Gasteiger partial charge is 0.295 e. The van der Waals surface area contributed by atoms with E-state index in [0.29, 0.717) is 0 Å². The average Bonchev–Trinajstić information content (AvgIpc) is 2.48. The van der Waals surface area contributed by atoms with Crippen molar-refractivity contribution in [2.75, 3.05) is 0 Å². The molecule has 2 nitrogen and oxygen atoms in total. The number of benzene rings is 2. The predicted octanol–water partition coefficient (Wildman–Crippen LogP) is 4.79. The lowest BCUT2D eigenvalue weighted by Gasteiger charge is -2.07. The fraction of sp³-hybridized carbons (Fsp3) is 0.263. The fourth-order valence-electron chi connectivity index (χ4n) is 2.27. The van der Waals surface area contributed by atoms with Gasteiger partial charge in [0.2, 0.25) is 0 Å². The van der Waals surface area contributed by atoms with Crippen molar-refractivity contribution < 1.29 is 4.79 Å². The van der Waals surface area contributed by atoms with E-state index in [1.54, 1.807) is 6.92 Å². The first kappa shape index (κ1) is 16.4. The number of hydrogen-bond donors (Lipinski definition) is 0. The van der Waals surface area contributed by atoms with E-state index in [9.17, 15) is 4.79 Å². The Labute approximate surface area is 136 Å².